The van der Waals surface area contributed by atoms with Crippen molar-refractivity contribution in [1.29, 1.82) is 0 Å². The average molecular weight is 271 g/mol. The van der Waals surface area contributed by atoms with Crippen LogP contribution in [0.4, 0.5) is 0 Å². The molecule has 0 bridgehead atoms. The van der Waals surface area contributed by atoms with Crippen molar-refractivity contribution in [3.05, 3.63) is 47.7 Å². The van der Waals surface area contributed by atoms with Crippen LogP contribution in [0.3, 0.4) is 0 Å². The fraction of sp³-hybridized carbons (Fsp3) is 0.444. The largest absolute Gasteiger partial charge is 0.460 e. The summed E-state index contributed by atoms with van der Waals surface area (Å²) in [6.07, 6.45) is 1.14. The Morgan fingerprint density at radius 2 is 1.70 bits per heavy atom. The van der Waals surface area contributed by atoms with Crippen molar-refractivity contribution in [2.45, 2.75) is 46.1 Å². The highest BCUT2D eigenvalue weighted by Gasteiger charge is 2.13. The SMILES string of the molecule is CCCNCc1ccc(-c2ccc(C(C)(C)C)cc2)o1. The van der Waals surface area contributed by atoms with Crippen LogP contribution in [0.1, 0.15) is 45.4 Å². The van der Waals surface area contributed by atoms with Crippen molar-refractivity contribution in [3.8, 4) is 11.3 Å². The monoisotopic (exact) mass is 271 g/mol. The molecular formula is C18H25NO. The quantitative estimate of drug-likeness (QED) is 0.794. The number of hydrogen-bond acceptors (Lipinski definition) is 2. The van der Waals surface area contributed by atoms with Gasteiger partial charge >= 0.3 is 0 Å². The highest BCUT2D eigenvalue weighted by atomic mass is 16.3. The van der Waals surface area contributed by atoms with Crippen LogP contribution in [0.5, 0.6) is 0 Å². The highest BCUT2D eigenvalue weighted by Crippen LogP contribution is 2.27. The zero-order valence-corrected chi connectivity index (χ0v) is 13.0. The standard InChI is InChI=1S/C18H25NO/c1-5-12-19-13-16-10-11-17(20-16)14-6-8-15(9-7-14)18(2,3)4/h6-11,19H,5,12-13H2,1-4H3. The first-order valence-electron chi connectivity index (χ1n) is 7.41. The molecule has 1 aromatic heterocycles. The van der Waals surface area contributed by atoms with Gasteiger partial charge in [0.2, 0.25) is 0 Å². The third-order valence-electron chi connectivity index (χ3n) is 3.42. The fourth-order valence-corrected chi connectivity index (χ4v) is 2.15. The van der Waals surface area contributed by atoms with Crippen LogP contribution < -0.4 is 5.32 Å². The summed E-state index contributed by atoms with van der Waals surface area (Å²) in [4.78, 5) is 0. The molecule has 0 radical (unpaired) electrons. The van der Waals surface area contributed by atoms with Gasteiger partial charge in [-0.3, -0.25) is 0 Å². The summed E-state index contributed by atoms with van der Waals surface area (Å²) in [5.41, 5.74) is 2.68. The Kier molecular flexibility index (Phi) is 4.66. The molecule has 2 aromatic rings. The minimum atomic E-state index is 0.191. The number of benzene rings is 1. The Hall–Kier alpha value is -1.54. The summed E-state index contributed by atoms with van der Waals surface area (Å²) in [6, 6.07) is 12.8. The number of furan rings is 1. The molecule has 0 saturated carbocycles. The predicted octanol–water partition coefficient (Wildman–Crippen LogP) is 4.74. The van der Waals surface area contributed by atoms with Crippen LogP contribution in [-0.2, 0) is 12.0 Å². The number of hydrogen-bond donors (Lipinski definition) is 1. The third-order valence-corrected chi connectivity index (χ3v) is 3.42. The molecular weight excluding hydrogens is 246 g/mol. The normalized spacial score (nSPS) is 11.8. The fourth-order valence-electron chi connectivity index (χ4n) is 2.15. The predicted molar refractivity (Wildman–Crippen MR) is 84.8 cm³/mol. The van der Waals surface area contributed by atoms with E-state index in [1.807, 2.05) is 0 Å². The molecule has 2 heteroatoms. The van der Waals surface area contributed by atoms with Crippen LogP contribution in [0, 0.1) is 0 Å². The zero-order valence-electron chi connectivity index (χ0n) is 13.0. The molecule has 2 nitrogen and oxygen atoms in total. The lowest BCUT2D eigenvalue weighted by Crippen LogP contribution is -2.12. The van der Waals surface area contributed by atoms with Gasteiger partial charge in [-0.05, 0) is 36.1 Å². The van der Waals surface area contributed by atoms with Gasteiger partial charge in [-0.1, -0.05) is 52.0 Å². The Morgan fingerprint density at radius 1 is 1.00 bits per heavy atom. The van der Waals surface area contributed by atoms with Crippen molar-refractivity contribution >= 4 is 0 Å². The van der Waals surface area contributed by atoms with E-state index in [4.69, 9.17) is 4.42 Å². The van der Waals surface area contributed by atoms with Gasteiger partial charge in [0.15, 0.2) is 0 Å². The number of nitrogens with one attached hydrogen (secondary N) is 1. The van der Waals surface area contributed by atoms with Gasteiger partial charge in [-0.15, -0.1) is 0 Å². The van der Waals surface area contributed by atoms with Gasteiger partial charge in [-0.2, -0.15) is 0 Å². The van der Waals surface area contributed by atoms with Crippen molar-refractivity contribution < 1.29 is 4.42 Å². The van der Waals surface area contributed by atoms with Crippen LogP contribution in [0.15, 0.2) is 40.8 Å². The van der Waals surface area contributed by atoms with E-state index in [1.54, 1.807) is 0 Å². The molecule has 0 fully saturated rings. The molecule has 0 aliphatic carbocycles. The Labute approximate surface area is 122 Å². The van der Waals surface area contributed by atoms with Gasteiger partial charge in [-0.25, -0.2) is 0 Å². The zero-order chi connectivity index (χ0) is 14.6. The van der Waals surface area contributed by atoms with E-state index in [2.05, 4.69) is 69.4 Å². The minimum Gasteiger partial charge on any atom is -0.460 e. The summed E-state index contributed by atoms with van der Waals surface area (Å²) < 4.78 is 5.88. The third kappa shape index (κ3) is 3.73. The Balaban J connectivity index is 2.08. The second kappa shape index (κ2) is 6.27. The molecule has 2 rings (SSSR count). The van der Waals surface area contributed by atoms with Crippen LogP contribution >= 0.6 is 0 Å². The minimum absolute atomic E-state index is 0.191. The molecule has 1 aromatic carbocycles. The highest BCUT2D eigenvalue weighted by molar-refractivity contribution is 5.58. The van der Waals surface area contributed by atoms with Crippen LogP contribution in [0.25, 0.3) is 11.3 Å². The topological polar surface area (TPSA) is 25.2 Å². The van der Waals surface area contributed by atoms with Crippen LogP contribution in [-0.4, -0.2) is 6.54 Å². The lowest BCUT2D eigenvalue weighted by atomic mass is 9.86. The molecule has 0 spiro atoms. The van der Waals surface area contributed by atoms with E-state index in [9.17, 15) is 0 Å². The molecule has 20 heavy (non-hydrogen) atoms. The van der Waals surface area contributed by atoms with Crippen molar-refractivity contribution in [2.75, 3.05) is 6.54 Å². The lowest BCUT2D eigenvalue weighted by molar-refractivity contribution is 0.493. The van der Waals surface area contributed by atoms with Gasteiger partial charge in [0.25, 0.3) is 0 Å². The van der Waals surface area contributed by atoms with Crippen LogP contribution in [0.2, 0.25) is 0 Å². The van der Waals surface area contributed by atoms with E-state index in [1.165, 1.54) is 5.56 Å². The van der Waals surface area contributed by atoms with Gasteiger partial charge in [0, 0.05) is 5.56 Å². The summed E-state index contributed by atoms with van der Waals surface area (Å²) in [5.74, 6) is 1.94. The maximum atomic E-state index is 5.88. The molecule has 108 valence electrons. The van der Waals surface area contributed by atoms with Gasteiger partial charge < -0.3 is 9.73 Å². The summed E-state index contributed by atoms with van der Waals surface area (Å²) in [5, 5.41) is 3.35. The first-order valence-corrected chi connectivity index (χ1v) is 7.41. The number of rotatable bonds is 5. The molecule has 1 N–H and O–H groups in total. The first kappa shape index (κ1) is 14.9. The second-order valence-corrected chi connectivity index (χ2v) is 6.27. The molecule has 0 amide bonds. The van der Waals surface area contributed by atoms with Gasteiger partial charge in [0.05, 0.1) is 6.54 Å². The molecule has 1 heterocycles. The molecule has 0 unspecified atom stereocenters. The Morgan fingerprint density at radius 3 is 2.30 bits per heavy atom. The average Bonchev–Trinajstić information content (AvgIpc) is 2.87. The van der Waals surface area contributed by atoms with Crippen molar-refractivity contribution in [3.63, 3.8) is 0 Å². The van der Waals surface area contributed by atoms with Gasteiger partial charge in [0.1, 0.15) is 11.5 Å². The Bertz CT molecular complexity index is 531. The van der Waals surface area contributed by atoms with E-state index < -0.39 is 0 Å². The van der Waals surface area contributed by atoms with Crippen molar-refractivity contribution in [2.24, 2.45) is 0 Å². The summed E-state index contributed by atoms with van der Waals surface area (Å²) in [7, 11) is 0. The summed E-state index contributed by atoms with van der Waals surface area (Å²) >= 11 is 0. The smallest absolute Gasteiger partial charge is 0.134 e. The second-order valence-electron chi connectivity index (χ2n) is 6.27. The molecule has 0 saturated heterocycles. The lowest BCUT2D eigenvalue weighted by Gasteiger charge is -2.18. The van der Waals surface area contributed by atoms with E-state index in [0.717, 1.165) is 36.6 Å². The maximum Gasteiger partial charge on any atom is 0.134 e. The molecule has 0 aliphatic rings. The summed E-state index contributed by atoms with van der Waals surface area (Å²) in [6.45, 7) is 10.7. The first-order chi connectivity index (χ1) is 9.50. The van der Waals surface area contributed by atoms with E-state index in [-0.39, 0.29) is 5.41 Å². The maximum absolute atomic E-state index is 5.88. The molecule has 0 atom stereocenters. The van der Waals surface area contributed by atoms with E-state index in [0.29, 0.717) is 0 Å². The van der Waals surface area contributed by atoms with Crippen molar-refractivity contribution in [1.82, 2.24) is 5.32 Å². The van der Waals surface area contributed by atoms with E-state index >= 15 is 0 Å². The molecule has 0 aliphatic heterocycles.